The first-order chi connectivity index (χ1) is 15.3. The Morgan fingerprint density at radius 1 is 0.594 bits per heavy atom. The Labute approximate surface area is 185 Å². The average Bonchev–Trinajstić information content (AvgIpc) is 2.77. The van der Waals surface area contributed by atoms with E-state index in [-0.39, 0.29) is 0 Å². The third-order valence-corrected chi connectivity index (χ3v) is 6.79. The lowest BCUT2D eigenvalue weighted by Crippen LogP contribution is -2.33. The molecule has 0 spiro atoms. The maximum atomic E-state index is 13.0. The Hall–Kier alpha value is -3.44. The van der Waals surface area contributed by atoms with Gasteiger partial charge in [-0.25, -0.2) is 12.3 Å². The SMILES string of the molecule is Cc1cc(C)cc(-c2nccc3c2ccc2cc(-c4ccc([Si](F)(F)F)cc4)ccc23)c1. The van der Waals surface area contributed by atoms with Crippen molar-refractivity contribution >= 4 is 35.8 Å². The Morgan fingerprint density at radius 2 is 1.25 bits per heavy atom. The summed E-state index contributed by atoms with van der Waals surface area (Å²) in [5, 5.41) is 3.83. The van der Waals surface area contributed by atoms with Crippen LogP contribution in [0.5, 0.6) is 0 Å². The van der Waals surface area contributed by atoms with Crippen molar-refractivity contribution in [2.45, 2.75) is 13.8 Å². The fourth-order valence-corrected chi connectivity index (χ4v) is 4.91. The molecule has 0 aliphatic carbocycles. The quantitative estimate of drug-likeness (QED) is 0.161. The number of aromatic nitrogens is 1. The molecule has 0 saturated carbocycles. The molecule has 0 atom stereocenters. The largest absolute Gasteiger partial charge is 0.653 e. The zero-order valence-electron chi connectivity index (χ0n) is 17.7. The molecular formula is C27H20F3NSi. The van der Waals surface area contributed by atoms with E-state index < -0.39 is 14.3 Å². The van der Waals surface area contributed by atoms with Gasteiger partial charge in [0.2, 0.25) is 0 Å². The third kappa shape index (κ3) is 3.69. The van der Waals surface area contributed by atoms with E-state index >= 15 is 0 Å². The molecule has 0 amide bonds. The van der Waals surface area contributed by atoms with E-state index in [0.29, 0.717) is 0 Å². The summed E-state index contributed by atoms with van der Waals surface area (Å²) in [7, 11) is -5.78. The van der Waals surface area contributed by atoms with Crippen LogP contribution in [0.25, 0.3) is 43.9 Å². The van der Waals surface area contributed by atoms with E-state index in [2.05, 4.69) is 49.2 Å². The summed E-state index contributed by atoms with van der Waals surface area (Å²) in [4.78, 5) is 4.67. The molecule has 0 bridgehead atoms. The van der Waals surface area contributed by atoms with Gasteiger partial charge in [-0.05, 0) is 65.4 Å². The van der Waals surface area contributed by atoms with Crippen molar-refractivity contribution in [3.63, 3.8) is 0 Å². The fraction of sp³-hybridized carbons (Fsp3) is 0.0741. The van der Waals surface area contributed by atoms with Gasteiger partial charge in [-0.3, -0.25) is 4.98 Å². The molecule has 1 aromatic heterocycles. The van der Waals surface area contributed by atoms with Gasteiger partial charge >= 0.3 is 9.08 Å². The van der Waals surface area contributed by atoms with Crippen molar-refractivity contribution in [1.29, 1.82) is 0 Å². The van der Waals surface area contributed by atoms with Crippen molar-refractivity contribution in [3.05, 3.63) is 96.2 Å². The number of pyridine rings is 1. The van der Waals surface area contributed by atoms with Gasteiger partial charge < -0.3 is 0 Å². The number of halogens is 3. The van der Waals surface area contributed by atoms with Gasteiger partial charge in [0.15, 0.2) is 0 Å². The molecule has 5 heteroatoms. The predicted octanol–water partition coefficient (Wildman–Crippen LogP) is 7.39. The van der Waals surface area contributed by atoms with Crippen LogP contribution in [0.1, 0.15) is 11.1 Å². The van der Waals surface area contributed by atoms with E-state index in [1.165, 1.54) is 23.3 Å². The molecule has 5 rings (SSSR count). The van der Waals surface area contributed by atoms with Gasteiger partial charge in [-0.15, -0.1) is 0 Å². The molecule has 0 unspecified atom stereocenters. The highest BCUT2D eigenvalue weighted by atomic mass is 28.5. The molecule has 0 saturated heterocycles. The van der Waals surface area contributed by atoms with Crippen molar-refractivity contribution in [2.24, 2.45) is 0 Å². The van der Waals surface area contributed by atoms with E-state index in [9.17, 15) is 12.3 Å². The van der Waals surface area contributed by atoms with Crippen LogP contribution >= 0.6 is 0 Å². The molecule has 158 valence electrons. The zero-order valence-corrected chi connectivity index (χ0v) is 18.7. The van der Waals surface area contributed by atoms with Crippen LogP contribution in [0.15, 0.2) is 85.1 Å². The van der Waals surface area contributed by atoms with Crippen molar-refractivity contribution < 1.29 is 12.3 Å². The van der Waals surface area contributed by atoms with Gasteiger partial charge in [-0.2, -0.15) is 0 Å². The van der Waals surface area contributed by atoms with E-state index in [4.69, 9.17) is 0 Å². The topological polar surface area (TPSA) is 12.9 Å². The Morgan fingerprint density at radius 3 is 1.94 bits per heavy atom. The molecule has 0 fully saturated rings. The molecule has 0 aliphatic heterocycles. The first kappa shape index (κ1) is 20.5. The van der Waals surface area contributed by atoms with Crippen LogP contribution in [0.2, 0.25) is 0 Å². The van der Waals surface area contributed by atoms with Gasteiger partial charge in [0.1, 0.15) is 0 Å². The van der Waals surface area contributed by atoms with Gasteiger partial charge in [-0.1, -0.05) is 65.7 Å². The third-order valence-electron chi connectivity index (χ3n) is 5.80. The van der Waals surface area contributed by atoms with E-state index in [0.717, 1.165) is 43.9 Å². The van der Waals surface area contributed by atoms with Crippen LogP contribution in [0.4, 0.5) is 12.3 Å². The van der Waals surface area contributed by atoms with Crippen molar-refractivity contribution in [2.75, 3.05) is 0 Å². The molecule has 5 aromatic rings. The van der Waals surface area contributed by atoms with E-state index in [1.807, 2.05) is 30.5 Å². The highest BCUT2D eigenvalue weighted by molar-refractivity contribution is 6.73. The Bertz CT molecular complexity index is 1450. The summed E-state index contributed by atoms with van der Waals surface area (Å²) < 4.78 is 39.0. The molecule has 0 N–H and O–H groups in total. The minimum atomic E-state index is -5.78. The normalized spacial score (nSPS) is 11.9. The zero-order chi connectivity index (χ0) is 22.5. The predicted molar refractivity (Wildman–Crippen MR) is 128 cm³/mol. The summed E-state index contributed by atoms with van der Waals surface area (Å²) in [5.41, 5.74) is 6.12. The summed E-state index contributed by atoms with van der Waals surface area (Å²) >= 11 is 0. The molecule has 1 nitrogen and oxygen atoms in total. The number of aryl methyl sites for hydroxylation is 2. The molecule has 0 radical (unpaired) electrons. The van der Waals surface area contributed by atoms with Crippen molar-refractivity contribution in [1.82, 2.24) is 4.98 Å². The Balaban J connectivity index is 1.62. The first-order valence-corrected chi connectivity index (χ1v) is 12.0. The number of benzene rings is 4. The van der Waals surface area contributed by atoms with Crippen LogP contribution in [0, 0.1) is 13.8 Å². The lowest BCUT2D eigenvalue weighted by Gasteiger charge is -2.11. The number of fused-ring (bicyclic) bond motifs is 3. The minimum absolute atomic E-state index is 0.501. The monoisotopic (exact) mass is 443 g/mol. The fourth-order valence-electron chi connectivity index (χ4n) is 4.37. The second kappa shape index (κ2) is 7.60. The lowest BCUT2D eigenvalue weighted by atomic mass is 9.95. The molecular weight excluding hydrogens is 423 g/mol. The number of nitrogens with zero attached hydrogens (tertiary/aromatic N) is 1. The molecule has 32 heavy (non-hydrogen) atoms. The second-order valence-electron chi connectivity index (χ2n) is 8.21. The number of hydrogen-bond donors (Lipinski definition) is 0. The standard InChI is InChI=1S/C27H20F3NSi/c1-17-13-18(2)15-22(14-17)27-26-10-6-21-16-20(5-9-24(21)25(26)11-12-31-27)19-3-7-23(8-4-19)32(28,29)30/h3-16H,1-2H3. The van der Waals surface area contributed by atoms with Crippen LogP contribution in [0.3, 0.4) is 0 Å². The summed E-state index contributed by atoms with van der Waals surface area (Å²) in [5.74, 6) is 0. The highest BCUT2D eigenvalue weighted by Crippen LogP contribution is 2.34. The summed E-state index contributed by atoms with van der Waals surface area (Å²) in [6.45, 7) is 4.17. The van der Waals surface area contributed by atoms with Crippen molar-refractivity contribution in [3.8, 4) is 22.4 Å². The van der Waals surface area contributed by atoms with Gasteiger partial charge in [0.05, 0.1) is 5.69 Å². The first-order valence-electron chi connectivity index (χ1n) is 10.4. The van der Waals surface area contributed by atoms with Gasteiger partial charge in [0.25, 0.3) is 0 Å². The second-order valence-corrected chi connectivity index (χ2v) is 9.78. The van der Waals surface area contributed by atoms with E-state index in [1.54, 1.807) is 12.1 Å². The number of hydrogen-bond acceptors (Lipinski definition) is 1. The minimum Gasteiger partial charge on any atom is -0.256 e. The maximum absolute atomic E-state index is 13.0. The Kier molecular flexibility index (Phi) is 4.86. The van der Waals surface area contributed by atoms with Crippen LogP contribution in [-0.4, -0.2) is 14.1 Å². The maximum Gasteiger partial charge on any atom is 0.653 e. The van der Waals surface area contributed by atoms with Crippen LogP contribution in [-0.2, 0) is 0 Å². The average molecular weight is 444 g/mol. The summed E-state index contributed by atoms with van der Waals surface area (Å²) in [6.07, 6.45) is 1.84. The van der Waals surface area contributed by atoms with Crippen LogP contribution < -0.4 is 5.19 Å². The molecule has 1 heterocycles. The van der Waals surface area contributed by atoms with Gasteiger partial charge in [0, 0.05) is 22.3 Å². The molecule has 4 aromatic carbocycles. The highest BCUT2D eigenvalue weighted by Gasteiger charge is 2.39. The smallest absolute Gasteiger partial charge is 0.256 e. The lowest BCUT2D eigenvalue weighted by molar-refractivity contribution is 0.501. The molecule has 0 aliphatic rings. The summed E-state index contributed by atoms with van der Waals surface area (Å²) in [6, 6.07) is 24.1. The number of rotatable bonds is 3.